The van der Waals surface area contributed by atoms with Crippen molar-refractivity contribution in [1.29, 1.82) is 0 Å². The molecule has 2 N–H and O–H groups in total. The summed E-state index contributed by atoms with van der Waals surface area (Å²) in [6, 6.07) is 0. The lowest BCUT2D eigenvalue weighted by Crippen LogP contribution is -2.52. The Morgan fingerprint density at radius 3 is 2.41 bits per heavy atom. The van der Waals surface area contributed by atoms with E-state index in [2.05, 4.69) is 47.3 Å². The number of rotatable bonds is 9. The van der Waals surface area contributed by atoms with Crippen LogP contribution in [0.1, 0.15) is 106 Å². The number of allylic oxidation sites excluding steroid dienone is 3. The lowest BCUT2D eigenvalue weighted by atomic mass is 9.44. The maximum atomic E-state index is 12.7. The van der Waals surface area contributed by atoms with Crippen molar-refractivity contribution in [3.63, 3.8) is 0 Å². The summed E-state index contributed by atoms with van der Waals surface area (Å²) in [5, 5.41) is 19.6. The fourth-order valence-electron chi connectivity index (χ4n) is 8.64. The minimum atomic E-state index is -0.948. The van der Waals surface area contributed by atoms with E-state index in [9.17, 15) is 19.8 Å². The topological polar surface area (TPSA) is 74.6 Å². The molecule has 0 aromatic rings. The average molecular weight is 473 g/mol. The molecule has 0 amide bonds. The van der Waals surface area contributed by atoms with Crippen molar-refractivity contribution in [2.24, 2.45) is 39.9 Å². The van der Waals surface area contributed by atoms with Gasteiger partial charge in [-0.25, -0.2) is 0 Å². The fraction of sp³-hybridized carbons (Fsp3) is 0.800. The Morgan fingerprint density at radius 2 is 1.85 bits per heavy atom. The highest BCUT2D eigenvalue weighted by Gasteiger charge is 2.63. The van der Waals surface area contributed by atoms with Gasteiger partial charge in [-0.05, 0) is 99.2 Å². The van der Waals surface area contributed by atoms with Gasteiger partial charge < -0.3 is 10.2 Å². The van der Waals surface area contributed by atoms with Crippen LogP contribution >= 0.6 is 0 Å². The molecule has 2 saturated carbocycles. The highest BCUT2D eigenvalue weighted by molar-refractivity contribution is 5.79. The van der Waals surface area contributed by atoms with Crippen molar-refractivity contribution in [1.82, 2.24) is 0 Å². The van der Waals surface area contributed by atoms with Crippen LogP contribution in [-0.2, 0) is 9.59 Å². The van der Waals surface area contributed by atoms with E-state index >= 15 is 0 Å². The lowest BCUT2D eigenvalue weighted by molar-refractivity contribution is -0.138. The van der Waals surface area contributed by atoms with E-state index < -0.39 is 11.6 Å². The first kappa shape index (κ1) is 27.2. The van der Waals surface area contributed by atoms with Crippen LogP contribution in [0.5, 0.6) is 0 Å². The van der Waals surface area contributed by atoms with Gasteiger partial charge in [0.2, 0.25) is 0 Å². The van der Waals surface area contributed by atoms with E-state index in [1.807, 2.05) is 0 Å². The van der Waals surface area contributed by atoms with Crippen molar-refractivity contribution in [2.75, 3.05) is 0 Å². The SMILES string of the molecule is C=C(C)C1CC=C2C(CCC3(C)C(C(C)CC(=O)CC(C)(C)O)CCC23C)C1(C)CCC(=O)O. The van der Waals surface area contributed by atoms with Crippen molar-refractivity contribution >= 4 is 11.8 Å². The molecule has 0 spiro atoms. The predicted octanol–water partition coefficient (Wildman–Crippen LogP) is 6.97. The van der Waals surface area contributed by atoms with Gasteiger partial charge in [0.15, 0.2) is 0 Å². The minimum absolute atomic E-state index is 0.0783. The van der Waals surface area contributed by atoms with Crippen LogP contribution in [0.3, 0.4) is 0 Å². The molecule has 4 nitrogen and oxygen atoms in total. The number of carbonyl (C=O) groups excluding carboxylic acids is 1. The highest BCUT2D eigenvalue weighted by Crippen LogP contribution is 2.71. The van der Waals surface area contributed by atoms with Crippen molar-refractivity contribution in [3.8, 4) is 0 Å². The molecule has 0 heterocycles. The van der Waals surface area contributed by atoms with Gasteiger partial charge in [0.25, 0.3) is 0 Å². The number of hydrogen-bond donors (Lipinski definition) is 2. The summed E-state index contributed by atoms with van der Waals surface area (Å²) in [7, 11) is 0. The minimum Gasteiger partial charge on any atom is -0.481 e. The third-order valence-corrected chi connectivity index (χ3v) is 10.5. The van der Waals surface area contributed by atoms with E-state index in [1.54, 1.807) is 19.4 Å². The molecular formula is C30H48O4. The highest BCUT2D eigenvalue weighted by atomic mass is 16.4. The summed E-state index contributed by atoms with van der Waals surface area (Å²) in [6.45, 7) is 19.3. The van der Waals surface area contributed by atoms with Crippen LogP contribution in [0.25, 0.3) is 0 Å². The Labute approximate surface area is 207 Å². The third-order valence-electron chi connectivity index (χ3n) is 10.5. The summed E-state index contributed by atoms with van der Waals surface area (Å²) in [6.07, 6.45) is 9.57. The monoisotopic (exact) mass is 472 g/mol. The first-order valence-corrected chi connectivity index (χ1v) is 13.4. The molecule has 3 aliphatic rings. The molecule has 0 aromatic heterocycles. The number of carboxylic acids is 1. The van der Waals surface area contributed by atoms with E-state index in [-0.39, 0.29) is 34.9 Å². The van der Waals surface area contributed by atoms with E-state index in [4.69, 9.17) is 0 Å². The Hall–Kier alpha value is -1.42. The van der Waals surface area contributed by atoms with Gasteiger partial charge in [-0.1, -0.05) is 51.5 Å². The molecule has 0 bridgehead atoms. The average Bonchev–Trinajstić information content (AvgIpc) is 2.96. The Balaban J connectivity index is 1.89. The summed E-state index contributed by atoms with van der Waals surface area (Å²) in [4.78, 5) is 24.2. The molecule has 192 valence electrons. The summed E-state index contributed by atoms with van der Waals surface area (Å²) in [5.74, 6) is 0.942. The second-order valence-electron chi connectivity index (χ2n) is 13.4. The van der Waals surface area contributed by atoms with Crippen molar-refractivity contribution in [2.45, 2.75) is 112 Å². The van der Waals surface area contributed by atoms with Crippen LogP contribution in [0, 0.1) is 39.9 Å². The zero-order valence-electron chi connectivity index (χ0n) is 22.7. The molecule has 0 saturated heterocycles. The fourth-order valence-corrected chi connectivity index (χ4v) is 8.64. The molecule has 0 radical (unpaired) electrons. The molecule has 2 fully saturated rings. The largest absolute Gasteiger partial charge is 0.481 e. The number of fused-ring (bicyclic) bond motifs is 3. The van der Waals surface area contributed by atoms with E-state index in [0.29, 0.717) is 36.5 Å². The van der Waals surface area contributed by atoms with Crippen LogP contribution in [-0.4, -0.2) is 27.6 Å². The van der Waals surface area contributed by atoms with E-state index in [1.165, 1.54) is 5.57 Å². The van der Waals surface area contributed by atoms with Gasteiger partial charge >= 0.3 is 5.97 Å². The Kier molecular flexibility index (Phi) is 7.37. The lowest BCUT2D eigenvalue weighted by Gasteiger charge is -2.60. The van der Waals surface area contributed by atoms with Crippen molar-refractivity contribution in [3.05, 3.63) is 23.8 Å². The number of carbonyl (C=O) groups is 2. The number of hydrogen-bond acceptors (Lipinski definition) is 3. The molecule has 3 rings (SSSR count). The summed E-state index contributed by atoms with van der Waals surface area (Å²) < 4.78 is 0. The van der Waals surface area contributed by atoms with Crippen LogP contribution in [0.2, 0.25) is 0 Å². The van der Waals surface area contributed by atoms with Crippen LogP contribution < -0.4 is 0 Å². The second-order valence-corrected chi connectivity index (χ2v) is 13.4. The number of Topliss-reactive ketones (excluding diaryl/α,β-unsaturated/α-hetero) is 1. The maximum absolute atomic E-state index is 12.7. The Morgan fingerprint density at radius 1 is 1.21 bits per heavy atom. The van der Waals surface area contributed by atoms with Gasteiger partial charge in [-0.15, -0.1) is 0 Å². The smallest absolute Gasteiger partial charge is 0.303 e. The number of carboxylic acid groups (broad SMARTS) is 1. The summed E-state index contributed by atoms with van der Waals surface area (Å²) in [5.41, 5.74) is 1.92. The molecule has 7 unspecified atom stereocenters. The molecule has 0 aliphatic heterocycles. The number of aliphatic carboxylic acids is 1. The van der Waals surface area contributed by atoms with Crippen molar-refractivity contribution < 1.29 is 19.8 Å². The molecular weight excluding hydrogens is 424 g/mol. The van der Waals surface area contributed by atoms with Crippen LogP contribution in [0.4, 0.5) is 0 Å². The molecule has 34 heavy (non-hydrogen) atoms. The first-order chi connectivity index (χ1) is 15.5. The molecule has 0 aromatic carbocycles. The van der Waals surface area contributed by atoms with Crippen LogP contribution in [0.15, 0.2) is 23.8 Å². The number of aliphatic hydroxyl groups is 1. The van der Waals surface area contributed by atoms with Gasteiger partial charge in [0, 0.05) is 19.3 Å². The maximum Gasteiger partial charge on any atom is 0.303 e. The zero-order chi connectivity index (χ0) is 25.7. The third kappa shape index (κ3) is 4.68. The zero-order valence-corrected chi connectivity index (χ0v) is 22.7. The van der Waals surface area contributed by atoms with E-state index in [0.717, 1.165) is 32.1 Å². The summed E-state index contributed by atoms with van der Waals surface area (Å²) >= 11 is 0. The predicted molar refractivity (Wildman–Crippen MR) is 137 cm³/mol. The second kappa shape index (κ2) is 9.22. The molecule has 3 aliphatic carbocycles. The first-order valence-electron chi connectivity index (χ1n) is 13.4. The van der Waals surface area contributed by atoms with Gasteiger partial charge in [0.1, 0.15) is 5.78 Å². The number of ketones is 1. The molecule has 4 heteroatoms. The molecule has 7 atom stereocenters. The van der Waals surface area contributed by atoms with Gasteiger partial charge in [-0.3, -0.25) is 9.59 Å². The van der Waals surface area contributed by atoms with Gasteiger partial charge in [0.05, 0.1) is 5.60 Å². The van der Waals surface area contributed by atoms with Gasteiger partial charge in [-0.2, -0.15) is 0 Å². The normalized spacial score (nSPS) is 38.5. The quantitative estimate of drug-likeness (QED) is 0.355. The standard InChI is InChI=1S/C30H48O4/c1-19(2)22-9-10-25-24(28(22,6)14-13-26(32)33)12-16-29(7)23(11-15-30(25,29)8)20(3)17-21(31)18-27(4,5)34/h10,20,22-24,34H,1,9,11-18H2,2-8H3,(H,32,33). The Bertz CT molecular complexity index is 864.